The third-order valence-electron chi connectivity index (χ3n) is 4.25. The van der Waals surface area contributed by atoms with E-state index >= 15 is 0 Å². The van der Waals surface area contributed by atoms with Gasteiger partial charge in [-0.1, -0.05) is 24.3 Å². The number of benzene rings is 2. The molecule has 0 saturated heterocycles. The molecule has 0 unspecified atom stereocenters. The predicted molar refractivity (Wildman–Crippen MR) is 110 cm³/mol. The Morgan fingerprint density at radius 3 is 2.71 bits per heavy atom. The lowest BCUT2D eigenvalue weighted by Crippen LogP contribution is -2.25. The maximum Gasteiger partial charge on any atom is 0.259 e. The van der Waals surface area contributed by atoms with E-state index in [-0.39, 0.29) is 12.5 Å². The number of para-hydroxylation sites is 1. The first-order valence-corrected chi connectivity index (χ1v) is 8.90. The van der Waals surface area contributed by atoms with Crippen LogP contribution in [0.1, 0.15) is 17.0 Å². The standard InChI is InChI=1S/C21H23N5O2/c1-15-20(16(2)26(25-15)18-9-5-4-6-10-18)13-23-24-21(27)14-22-17-8-7-11-19(12-17)28-3/h4-13,22H,14H2,1-3H3,(H,24,27)/b23-13-. The van der Waals surface area contributed by atoms with Crippen LogP contribution in [0, 0.1) is 13.8 Å². The second kappa shape index (κ2) is 8.85. The summed E-state index contributed by atoms with van der Waals surface area (Å²) in [5, 5.41) is 11.7. The number of hydrogen-bond acceptors (Lipinski definition) is 5. The molecular weight excluding hydrogens is 354 g/mol. The number of ether oxygens (including phenoxy) is 1. The first kappa shape index (κ1) is 19.2. The van der Waals surface area contributed by atoms with Crippen LogP contribution in [0.3, 0.4) is 0 Å². The van der Waals surface area contributed by atoms with Crippen LogP contribution in [-0.4, -0.2) is 35.6 Å². The zero-order valence-electron chi connectivity index (χ0n) is 16.1. The van der Waals surface area contributed by atoms with Gasteiger partial charge in [0.1, 0.15) is 5.75 Å². The van der Waals surface area contributed by atoms with Crippen molar-refractivity contribution in [3.63, 3.8) is 0 Å². The van der Waals surface area contributed by atoms with Crippen molar-refractivity contribution in [2.45, 2.75) is 13.8 Å². The van der Waals surface area contributed by atoms with Crippen LogP contribution < -0.4 is 15.5 Å². The molecule has 0 fully saturated rings. The minimum atomic E-state index is -0.246. The average Bonchev–Trinajstić information content (AvgIpc) is 3.01. The van der Waals surface area contributed by atoms with Crippen LogP contribution in [0.15, 0.2) is 59.7 Å². The normalized spacial score (nSPS) is 10.8. The summed E-state index contributed by atoms with van der Waals surface area (Å²) in [6.07, 6.45) is 1.63. The van der Waals surface area contributed by atoms with Crippen molar-refractivity contribution in [3.8, 4) is 11.4 Å². The Labute approximate surface area is 164 Å². The second-order valence-electron chi connectivity index (χ2n) is 6.21. The third-order valence-corrected chi connectivity index (χ3v) is 4.25. The lowest BCUT2D eigenvalue weighted by atomic mass is 10.2. The van der Waals surface area contributed by atoms with Gasteiger partial charge in [-0.05, 0) is 38.1 Å². The fourth-order valence-electron chi connectivity index (χ4n) is 2.79. The summed E-state index contributed by atoms with van der Waals surface area (Å²) in [7, 11) is 1.60. The summed E-state index contributed by atoms with van der Waals surface area (Å²) < 4.78 is 7.02. The van der Waals surface area contributed by atoms with Gasteiger partial charge in [0.2, 0.25) is 0 Å². The number of aryl methyl sites for hydroxylation is 1. The number of anilines is 1. The molecule has 2 N–H and O–H groups in total. The number of nitrogens with zero attached hydrogens (tertiary/aromatic N) is 3. The van der Waals surface area contributed by atoms with Crippen molar-refractivity contribution in [2.24, 2.45) is 5.10 Å². The van der Waals surface area contributed by atoms with Gasteiger partial charge < -0.3 is 10.1 Å². The van der Waals surface area contributed by atoms with E-state index in [0.717, 1.165) is 34.1 Å². The van der Waals surface area contributed by atoms with Crippen molar-refractivity contribution >= 4 is 17.8 Å². The molecule has 3 aromatic rings. The molecule has 0 spiro atoms. The average molecular weight is 377 g/mol. The molecule has 7 nitrogen and oxygen atoms in total. The van der Waals surface area contributed by atoms with E-state index in [0.29, 0.717) is 0 Å². The summed E-state index contributed by atoms with van der Waals surface area (Å²) in [4.78, 5) is 12.0. The van der Waals surface area contributed by atoms with Crippen molar-refractivity contribution in [3.05, 3.63) is 71.5 Å². The van der Waals surface area contributed by atoms with E-state index in [9.17, 15) is 4.79 Å². The Kier molecular flexibility index (Phi) is 6.06. The molecule has 1 heterocycles. The topological polar surface area (TPSA) is 80.5 Å². The van der Waals surface area contributed by atoms with Gasteiger partial charge in [0.05, 0.1) is 36.9 Å². The van der Waals surface area contributed by atoms with E-state index in [1.54, 1.807) is 13.3 Å². The molecule has 0 radical (unpaired) electrons. The maximum atomic E-state index is 12.0. The number of rotatable bonds is 7. The molecule has 3 rings (SSSR count). The van der Waals surface area contributed by atoms with Gasteiger partial charge >= 0.3 is 0 Å². The number of methoxy groups -OCH3 is 1. The predicted octanol–water partition coefficient (Wildman–Crippen LogP) is 3.06. The van der Waals surface area contributed by atoms with Crippen molar-refractivity contribution in [1.82, 2.24) is 15.2 Å². The van der Waals surface area contributed by atoms with Gasteiger partial charge in [-0.3, -0.25) is 4.79 Å². The third kappa shape index (κ3) is 4.56. The highest BCUT2D eigenvalue weighted by Crippen LogP contribution is 2.17. The largest absolute Gasteiger partial charge is 0.497 e. The Morgan fingerprint density at radius 1 is 1.18 bits per heavy atom. The molecule has 1 amide bonds. The zero-order valence-corrected chi connectivity index (χ0v) is 16.1. The van der Waals surface area contributed by atoms with E-state index in [4.69, 9.17) is 4.74 Å². The molecule has 0 aliphatic heterocycles. The second-order valence-corrected chi connectivity index (χ2v) is 6.21. The highest BCUT2D eigenvalue weighted by atomic mass is 16.5. The van der Waals surface area contributed by atoms with Crippen molar-refractivity contribution < 1.29 is 9.53 Å². The smallest absolute Gasteiger partial charge is 0.259 e. The minimum absolute atomic E-state index is 0.103. The summed E-state index contributed by atoms with van der Waals surface area (Å²) in [5.74, 6) is 0.481. The summed E-state index contributed by atoms with van der Waals surface area (Å²) in [5.41, 5.74) is 6.99. The Hall–Kier alpha value is -3.61. The fraction of sp³-hybridized carbons (Fsp3) is 0.190. The lowest BCUT2D eigenvalue weighted by molar-refractivity contribution is -0.119. The molecular formula is C21H23N5O2. The first-order chi connectivity index (χ1) is 13.6. The number of hydrazone groups is 1. The summed E-state index contributed by atoms with van der Waals surface area (Å²) >= 11 is 0. The van der Waals surface area contributed by atoms with Gasteiger partial charge in [-0.25, -0.2) is 10.1 Å². The molecule has 7 heteroatoms. The minimum Gasteiger partial charge on any atom is -0.497 e. The van der Waals surface area contributed by atoms with Crippen LogP contribution in [0.5, 0.6) is 5.75 Å². The maximum absolute atomic E-state index is 12.0. The highest BCUT2D eigenvalue weighted by molar-refractivity contribution is 5.86. The summed E-state index contributed by atoms with van der Waals surface area (Å²) in [6.45, 7) is 3.99. The number of carbonyl (C=O) groups excluding carboxylic acids is 1. The molecule has 1 aromatic heterocycles. The molecule has 0 aliphatic carbocycles. The van der Waals surface area contributed by atoms with Gasteiger partial charge in [0.15, 0.2) is 0 Å². The summed E-state index contributed by atoms with van der Waals surface area (Å²) in [6, 6.07) is 17.3. The first-order valence-electron chi connectivity index (χ1n) is 8.90. The molecule has 0 aliphatic rings. The van der Waals surface area contributed by atoms with E-state index in [1.807, 2.05) is 73.1 Å². The molecule has 0 atom stereocenters. The number of aromatic nitrogens is 2. The van der Waals surface area contributed by atoms with Crippen molar-refractivity contribution in [1.29, 1.82) is 0 Å². The van der Waals surface area contributed by atoms with Crippen LogP contribution in [-0.2, 0) is 4.79 Å². The van der Waals surface area contributed by atoms with Gasteiger partial charge in [0, 0.05) is 17.3 Å². The molecule has 28 heavy (non-hydrogen) atoms. The van der Waals surface area contributed by atoms with Crippen LogP contribution in [0.4, 0.5) is 5.69 Å². The SMILES string of the molecule is COc1cccc(NCC(=O)N/N=C\c2c(C)nn(-c3ccccc3)c2C)c1. The van der Waals surface area contributed by atoms with Crippen molar-refractivity contribution in [2.75, 3.05) is 19.0 Å². The Balaban J connectivity index is 1.60. The van der Waals surface area contributed by atoms with E-state index in [1.165, 1.54) is 0 Å². The quantitative estimate of drug-likeness (QED) is 0.490. The molecule has 0 bridgehead atoms. The molecule has 2 aromatic carbocycles. The van der Waals surface area contributed by atoms with E-state index in [2.05, 4.69) is 20.9 Å². The number of nitrogens with one attached hydrogen (secondary N) is 2. The monoisotopic (exact) mass is 377 g/mol. The molecule has 0 saturated carbocycles. The highest BCUT2D eigenvalue weighted by Gasteiger charge is 2.11. The fourth-order valence-corrected chi connectivity index (χ4v) is 2.79. The Bertz CT molecular complexity index is 980. The van der Waals surface area contributed by atoms with Gasteiger partial charge in [-0.15, -0.1) is 0 Å². The van der Waals surface area contributed by atoms with Gasteiger partial charge in [0.25, 0.3) is 5.91 Å². The van der Waals surface area contributed by atoms with Crippen LogP contribution >= 0.6 is 0 Å². The number of hydrogen-bond donors (Lipinski definition) is 2. The van der Waals surface area contributed by atoms with E-state index < -0.39 is 0 Å². The van der Waals surface area contributed by atoms with Crippen LogP contribution in [0.2, 0.25) is 0 Å². The van der Waals surface area contributed by atoms with Gasteiger partial charge in [-0.2, -0.15) is 10.2 Å². The zero-order chi connectivity index (χ0) is 19.9. The Morgan fingerprint density at radius 2 is 1.96 bits per heavy atom. The molecule has 144 valence electrons. The van der Waals surface area contributed by atoms with Crippen LogP contribution in [0.25, 0.3) is 5.69 Å². The number of amides is 1. The lowest BCUT2D eigenvalue weighted by Gasteiger charge is -2.07. The number of carbonyl (C=O) groups is 1.